The predicted molar refractivity (Wildman–Crippen MR) is 71.9 cm³/mol. The number of hydrogen-bond acceptors (Lipinski definition) is 3. The molecule has 4 nitrogen and oxygen atoms in total. The summed E-state index contributed by atoms with van der Waals surface area (Å²) in [5.41, 5.74) is 2.80. The van der Waals surface area contributed by atoms with E-state index >= 15 is 0 Å². The van der Waals surface area contributed by atoms with Gasteiger partial charge in [0.15, 0.2) is 11.4 Å². The molecule has 0 amide bonds. The van der Waals surface area contributed by atoms with Gasteiger partial charge < -0.3 is 5.21 Å². The fourth-order valence-corrected chi connectivity index (χ4v) is 1.99. The Morgan fingerprint density at radius 3 is 2.00 bits per heavy atom. The Balaban J connectivity index is 2.25. The summed E-state index contributed by atoms with van der Waals surface area (Å²) in [6, 6.07) is 19.0. The summed E-state index contributed by atoms with van der Waals surface area (Å²) < 4.78 is 0.755. The molecular weight excluding hydrogens is 238 g/mol. The van der Waals surface area contributed by atoms with Crippen LogP contribution in [0.2, 0.25) is 0 Å². The van der Waals surface area contributed by atoms with Gasteiger partial charge >= 0.3 is 6.33 Å². The molecule has 0 unspecified atom stereocenters. The molecule has 0 N–H and O–H groups in total. The van der Waals surface area contributed by atoms with Crippen molar-refractivity contribution in [3.05, 3.63) is 72.2 Å². The number of rotatable bonds is 2. The van der Waals surface area contributed by atoms with Gasteiger partial charge in [-0.1, -0.05) is 60.7 Å². The van der Waals surface area contributed by atoms with Crippen LogP contribution in [0.1, 0.15) is 0 Å². The van der Waals surface area contributed by atoms with Crippen molar-refractivity contribution in [3.8, 4) is 22.5 Å². The molecule has 0 aliphatic heterocycles. The van der Waals surface area contributed by atoms with E-state index in [1.165, 1.54) is 6.33 Å². The van der Waals surface area contributed by atoms with Crippen molar-refractivity contribution in [2.45, 2.75) is 0 Å². The molecule has 0 saturated carbocycles. The Labute approximate surface area is 110 Å². The normalized spacial score (nSPS) is 10.3. The molecule has 0 spiro atoms. The lowest BCUT2D eigenvalue weighted by molar-refractivity contribution is -0.597. The van der Waals surface area contributed by atoms with Crippen molar-refractivity contribution in [1.29, 1.82) is 0 Å². The summed E-state index contributed by atoms with van der Waals surface area (Å²) >= 11 is 0. The van der Waals surface area contributed by atoms with E-state index in [4.69, 9.17) is 0 Å². The Morgan fingerprint density at radius 2 is 1.37 bits per heavy atom. The maximum atomic E-state index is 12.0. The molecule has 0 bridgehead atoms. The molecule has 1 heterocycles. The molecule has 4 heteroatoms. The van der Waals surface area contributed by atoms with Crippen LogP contribution >= 0.6 is 0 Å². The van der Waals surface area contributed by atoms with Crippen LogP contribution in [-0.4, -0.2) is 10.2 Å². The Bertz CT molecular complexity index is 684. The van der Waals surface area contributed by atoms with E-state index in [0.717, 1.165) is 15.9 Å². The molecule has 92 valence electrons. The van der Waals surface area contributed by atoms with Crippen LogP contribution in [0.15, 0.2) is 67.0 Å². The molecular formula is C15H11N3O. The summed E-state index contributed by atoms with van der Waals surface area (Å²) in [7, 11) is 0. The SMILES string of the molecule is [O-][n+]1cnnc(-c2ccccc2)c1-c1ccccc1. The number of hydrogen-bond donors (Lipinski definition) is 0. The summed E-state index contributed by atoms with van der Waals surface area (Å²) in [5, 5.41) is 19.9. The van der Waals surface area contributed by atoms with Crippen molar-refractivity contribution in [2.75, 3.05) is 0 Å². The lowest BCUT2D eigenvalue weighted by Crippen LogP contribution is -2.31. The molecule has 3 aromatic rings. The zero-order chi connectivity index (χ0) is 13.1. The van der Waals surface area contributed by atoms with Gasteiger partial charge in [0.05, 0.1) is 5.10 Å². The first-order valence-electron chi connectivity index (χ1n) is 5.92. The minimum absolute atomic E-state index is 0.516. The molecule has 0 aliphatic carbocycles. The number of nitrogens with zero attached hydrogens (tertiary/aromatic N) is 3. The average molecular weight is 249 g/mol. The van der Waals surface area contributed by atoms with Gasteiger partial charge in [0.2, 0.25) is 0 Å². The summed E-state index contributed by atoms with van der Waals surface area (Å²) in [5.74, 6) is 0. The van der Waals surface area contributed by atoms with Gasteiger partial charge in [-0.05, 0) is 5.10 Å². The second-order valence-corrected chi connectivity index (χ2v) is 4.09. The summed E-state index contributed by atoms with van der Waals surface area (Å²) in [6.07, 6.45) is 1.18. The minimum Gasteiger partial charge on any atom is -0.710 e. The van der Waals surface area contributed by atoms with Gasteiger partial charge in [-0.15, -0.1) is 0 Å². The predicted octanol–water partition coefficient (Wildman–Crippen LogP) is 2.44. The molecule has 2 aromatic carbocycles. The average Bonchev–Trinajstić information content (AvgIpc) is 2.49. The van der Waals surface area contributed by atoms with E-state index in [2.05, 4.69) is 10.2 Å². The fourth-order valence-electron chi connectivity index (χ4n) is 1.99. The summed E-state index contributed by atoms with van der Waals surface area (Å²) in [6.45, 7) is 0. The van der Waals surface area contributed by atoms with Crippen molar-refractivity contribution in [2.24, 2.45) is 0 Å². The number of aromatic nitrogens is 3. The molecule has 0 radical (unpaired) electrons. The maximum Gasteiger partial charge on any atom is 0.318 e. The van der Waals surface area contributed by atoms with Gasteiger partial charge in [0.1, 0.15) is 0 Å². The molecule has 19 heavy (non-hydrogen) atoms. The lowest BCUT2D eigenvalue weighted by atomic mass is 10.0. The van der Waals surface area contributed by atoms with Crippen molar-refractivity contribution in [1.82, 2.24) is 10.2 Å². The van der Waals surface area contributed by atoms with Crippen LogP contribution in [-0.2, 0) is 0 Å². The molecule has 0 aliphatic rings. The second-order valence-electron chi connectivity index (χ2n) is 4.09. The van der Waals surface area contributed by atoms with Crippen LogP contribution in [0.4, 0.5) is 0 Å². The van der Waals surface area contributed by atoms with Gasteiger partial charge in [0.25, 0.3) is 0 Å². The van der Waals surface area contributed by atoms with Gasteiger partial charge in [-0.3, -0.25) is 0 Å². The highest BCUT2D eigenvalue weighted by molar-refractivity contribution is 5.75. The van der Waals surface area contributed by atoms with Crippen LogP contribution in [0.25, 0.3) is 22.5 Å². The fraction of sp³-hybridized carbons (Fsp3) is 0. The third-order valence-electron chi connectivity index (χ3n) is 2.85. The van der Waals surface area contributed by atoms with E-state index in [9.17, 15) is 5.21 Å². The zero-order valence-corrected chi connectivity index (χ0v) is 10.1. The van der Waals surface area contributed by atoms with Crippen molar-refractivity contribution < 1.29 is 4.73 Å². The minimum atomic E-state index is 0.516. The first-order chi connectivity index (χ1) is 9.36. The molecule has 0 saturated heterocycles. The van der Waals surface area contributed by atoms with E-state index in [0.29, 0.717) is 11.4 Å². The Morgan fingerprint density at radius 1 is 0.789 bits per heavy atom. The standard InChI is InChI=1S/C15H11N3O/c19-18-11-16-17-14(12-7-3-1-4-8-12)15(18)13-9-5-2-6-10-13/h1-11H. The van der Waals surface area contributed by atoms with E-state index in [-0.39, 0.29) is 0 Å². The highest BCUT2D eigenvalue weighted by atomic mass is 16.5. The number of benzene rings is 2. The first-order valence-corrected chi connectivity index (χ1v) is 5.92. The Hall–Kier alpha value is -2.75. The smallest absolute Gasteiger partial charge is 0.318 e. The third kappa shape index (κ3) is 2.15. The topological polar surface area (TPSA) is 52.7 Å². The van der Waals surface area contributed by atoms with Gasteiger partial charge in [-0.25, -0.2) is 4.73 Å². The largest absolute Gasteiger partial charge is 0.710 e. The van der Waals surface area contributed by atoms with Crippen LogP contribution in [0.3, 0.4) is 0 Å². The van der Waals surface area contributed by atoms with Crippen molar-refractivity contribution in [3.63, 3.8) is 0 Å². The molecule has 0 fully saturated rings. The van der Waals surface area contributed by atoms with Gasteiger partial charge in [0, 0.05) is 11.1 Å². The van der Waals surface area contributed by atoms with Gasteiger partial charge in [-0.2, -0.15) is 0 Å². The highest BCUT2D eigenvalue weighted by Gasteiger charge is 2.16. The van der Waals surface area contributed by atoms with E-state index in [1.54, 1.807) is 0 Å². The van der Waals surface area contributed by atoms with Crippen LogP contribution in [0.5, 0.6) is 0 Å². The van der Waals surface area contributed by atoms with E-state index in [1.807, 2.05) is 60.7 Å². The van der Waals surface area contributed by atoms with E-state index < -0.39 is 0 Å². The van der Waals surface area contributed by atoms with Crippen molar-refractivity contribution >= 4 is 0 Å². The molecule has 0 atom stereocenters. The lowest BCUT2D eigenvalue weighted by Gasteiger charge is -2.10. The van der Waals surface area contributed by atoms with Crippen LogP contribution in [0, 0.1) is 5.21 Å². The maximum absolute atomic E-state index is 12.0. The van der Waals surface area contributed by atoms with Crippen LogP contribution < -0.4 is 4.73 Å². The second kappa shape index (κ2) is 4.86. The monoisotopic (exact) mass is 249 g/mol. The third-order valence-corrected chi connectivity index (χ3v) is 2.85. The zero-order valence-electron chi connectivity index (χ0n) is 10.1. The highest BCUT2D eigenvalue weighted by Crippen LogP contribution is 2.26. The molecule has 3 rings (SSSR count). The molecule has 1 aromatic heterocycles. The summed E-state index contributed by atoms with van der Waals surface area (Å²) in [4.78, 5) is 0. The first kappa shape index (κ1) is 11.3. The Kier molecular flexibility index (Phi) is 2.90. The quantitative estimate of drug-likeness (QED) is 0.517.